The molecule has 90 valence electrons. The van der Waals surface area contributed by atoms with Crippen molar-refractivity contribution in [3.05, 3.63) is 58.3 Å². The van der Waals surface area contributed by atoms with Gasteiger partial charge >= 0.3 is 0 Å². The fraction of sp³-hybridized carbons (Fsp3) is 0.188. The third-order valence-electron chi connectivity index (χ3n) is 3.27. The highest BCUT2D eigenvalue weighted by molar-refractivity contribution is 5.89. The molecule has 0 bridgehead atoms. The summed E-state index contributed by atoms with van der Waals surface area (Å²) in [6.45, 7) is 4.23. The monoisotopic (exact) mass is 238 g/mol. The molecule has 2 heteroatoms. The maximum atomic E-state index is 12.4. The van der Waals surface area contributed by atoms with Gasteiger partial charge in [0.15, 0.2) is 0 Å². The zero-order chi connectivity index (χ0) is 12.7. The van der Waals surface area contributed by atoms with Crippen molar-refractivity contribution in [2.24, 2.45) is 0 Å². The lowest BCUT2D eigenvalue weighted by Crippen LogP contribution is -2.02. The summed E-state index contributed by atoms with van der Waals surface area (Å²) in [4.78, 5) is 12.4. The summed E-state index contributed by atoms with van der Waals surface area (Å²) < 4.78 is 5.76. The molecule has 0 aliphatic carbocycles. The van der Waals surface area contributed by atoms with E-state index in [9.17, 15) is 4.79 Å². The minimum absolute atomic E-state index is 0.0503. The van der Waals surface area contributed by atoms with Gasteiger partial charge in [-0.3, -0.25) is 4.79 Å². The lowest BCUT2D eigenvalue weighted by Gasteiger charge is -2.06. The summed E-state index contributed by atoms with van der Waals surface area (Å²) in [5, 5.41) is 1.31. The lowest BCUT2D eigenvalue weighted by molar-refractivity contribution is 0.659. The van der Waals surface area contributed by atoms with Gasteiger partial charge in [-0.2, -0.15) is 0 Å². The Hall–Kier alpha value is -2.09. The van der Waals surface area contributed by atoms with Crippen LogP contribution >= 0.6 is 0 Å². The van der Waals surface area contributed by atoms with Crippen LogP contribution in [0, 0.1) is 0 Å². The Bertz CT molecular complexity index is 782. The molecule has 0 fully saturated rings. The normalized spacial score (nSPS) is 11.5. The number of para-hydroxylation sites is 1. The average molecular weight is 238 g/mol. The molecule has 0 N–H and O–H groups in total. The predicted octanol–water partition coefficient (Wildman–Crippen LogP) is 4.07. The molecule has 0 spiro atoms. The van der Waals surface area contributed by atoms with E-state index in [0.29, 0.717) is 27.9 Å². The summed E-state index contributed by atoms with van der Waals surface area (Å²) in [7, 11) is 0. The van der Waals surface area contributed by atoms with Crippen LogP contribution in [0.5, 0.6) is 0 Å². The minimum atomic E-state index is 0.0503. The number of hydrogen-bond acceptors (Lipinski definition) is 2. The van der Waals surface area contributed by atoms with E-state index in [4.69, 9.17) is 4.42 Å². The van der Waals surface area contributed by atoms with Crippen molar-refractivity contribution in [1.82, 2.24) is 0 Å². The van der Waals surface area contributed by atoms with E-state index in [1.165, 1.54) is 0 Å². The van der Waals surface area contributed by atoms with Crippen LogP contribution in [0.2, 0.25) is 0 Å². The number of benzene rings is 2. The van der Waals surface area contributed by atoms with Crippen LogP contribution in [0.1, 0.15) is 25.3 Å². The predicted molar refractivity (Wildman–Crippen MR) is 74.1 cm³/mol. The summed E-state index contributed by atoms with van der Waals surface area (Å²) in [5.74, 6) is 0.403. The smallest absolute Gasteiger partial charge is 0.200 e. The Balaban J connectivity index is 2.45. The molecule has 2 nitrogen and oxygen atoms in total. The number of hydrogen-bond donors (Lipinski definition) is 0. The maximum absolute atomic E-state index is 12.4. The van der Waals surface area contributed by atoms with Crippen LogP contribution in [0.15, 0.2) is 51.7 Å². The second-order valence-corrected chi connectivity index (χ2v) is 4.84. The van der Waals surface area contributed by atoms with Crippen LogP contribution in [-0.4, -0.2) is 0 Å². The molecular weight excluding hydrogens is 224 g/mol. The highest BCUT2D eigenvalue weighted by Gasteiger charge is 2.08. The van der Waals surface area contributed by atoms with Crippen LogP contribution in [0.3, 0.4) is 0 Å². The molecule has 18 heavy (non-hydrogen) atoms. The standard InChI is InChI=1S/C16H14O2/c1-10(2)11-7-8-15-13(9-11)16(17)12-5-3-4-6-14(12)18-15/h3-10H,1-2H3. The van der Waals surface area contributed by atoms with Crippen LogP contribution in [-0.2, 0) is 0 Å². The number of rotatable bonds is 1. The van der Waals surface area contributed by atoms with E-state index in [1.807, 2.05) is 42.5 Å². The van der Waals surface area contributed by atoms with Gasteiger partial charge in [0.1, 0.15) is 11.2 Å². The van der Waals surface area contributed by atoms with Gasteiger partial charge in [-0.1, -0.05) is 32.0 Å². The summed E-state index contributed by atoms with van der Waals surface area (Å²) in [6, 6.07) is 13.2. The molecule has 0 aliphatic rings. The van der Waals surface area contributed by atoms with Crippen molar-refractivity contribution in [3.63, 3.8) is 0 Å². The second kappa shape index (κ2) is 3.98. The summed E-state index contributed by atoms with van der Waals surface area (Å²) in [5.41, 5.74) is 2.51. The van der Waals surface area contributed by atoms with Gasteiger partial charge in [0.05, 0.1) is 10.8 Å². The Morgan fingerprint density at radius 1 is 0.944 bits per heavy atom. The Morgan fingerprint density at radius 3 is 2.44 bits per heavy atom. The van der Waals surface area contributed by atoms with Crippen molar-refractivity contribution in [2.45, 2.75) is 19.8 Å². The topological polar surface area (TPSA) is 30.2 Å². The van der Waals surface area contributed by atoms with E-state index in [1.54, 1.807) is 0 Å². The van der Waals surface area contributed by atoms with Crippen LogP contribution < -0.4 is 5.43 Å². The van der Waals surface area contributed by atoms with E-state index < -0.39 is 0 Å². The molecular formula is C16H14O2. The average Bonchev–Trinajstić information content (AvgIpc) is 2.38. The van der Waals surface area contributed by atoms with Crippen molar-refractivity contribution in [3.8, 4) is 0 Å². The first-order valence-corrected chi connectivity index (χ1v) is 6.12. The summed E-state index contributed by atoms with van der Waals surface area (Å²) in [6.07, 6.45) is 0. The molecule has 1 aromatic heterocycles. The molecule has 0 amide bonds. The Kier molecular flexibility index (Phi) is 2.44. The molecule has 0 unspecified atom stereocenters. The van der Waals surface area contributed by atoms with Gasteiger partial charge in [-0.05, 0) is 35.7 Å². The third-order valence-corrected chi connectivity index (χ3v) is 3.27. The molecule has 3 aromatic rings. The van der Waals surface area contributed by atoms with Crippen molar-refractivity contribution in [1.29, 1.82) is 0 Å². The molecule has 1 heterocycles. The first-order valence-electron chi connectivity index (χ1n) is 6.12. The van der Waals surface area contributed by atoms with Crippen molar-refractivity contribution >= 4 is 21.9 Å². The molecule has 3 rings (SSSR count). The van der Waals surface area contributed by atoms with Gasteiger partial charge < -0.3 is 4.42 Å². The summed E-state index contributed by atoms with van der Waals surface area (Å²) >= 11 is 0. The lowest BCUT2D eigenvalue weighted by atomic mass is 10.0. The number of fused-ring (bicyclic) bond motifs is 2. The second-order valence-electron chi connectivity index (χ2n) is 4.84. The maximum Gasteiger partial charge on any atom is 0.200 e. The van der Waals surface area contributed by atoms with Crippen molar-refractivity contribution < 1.29 is 4.42 Å². The highest BCUT2D eigenvalue weighted by atomic mass is 16.3. The largest absolute Gasteiger partial charge is 0.456 e. The fourth-order valence-electron chi connectivity index (χ4n) is 2.18. The van der Waals surface area contributed by atoms with Crippen LogP contribution in [0.25, 0.3) is 21.9 Å². The SMILES string of the molecule is CC(C)c1ccc2oc3ccccc3c(=O)c2c1. The van der Waals surface area contributed by atoms with E-state index in [-0.39, 0.29) is 5.43 Å². The van der Waals surface area contributed by atoms with E-state index in [0.717, 1.165) is 5.56 Å². The van der Waals surface area contributed by atoms with Gasteiger partial charge in [-0.15, -0.1) is 0 Å². The highest BCUT2D eigenvalue weighted by Crippen LogP contribution is 2.22. The molecule has 0 saturated carbocycles. The van der Waals surface area contributed by atoms with Crippen LogP contribution in [0.4, 0.5) is 0 Å². The Labute approximate surface area is 105 Å². The van der Waals surface area contributed by atoms with Gasteiger partial charge in [-0.25, -0.2) is 0 Å². The van der Waals surface area contributed by atoms with E-state index in [2.05, 4.69) is 13.8 Å². The van der Waals surface area contributed by atoms with Gasteiger partial charge in [0.2, 0.25) is 5.43 Å². The van der Waals surface area contributed by atoms with E-state index >= 15 is 0 Å². The molecule has 0 atom stereocenters. The first kappa shape index (κ1) is 11.0. The van der Waals surface area contributed by atoms with Gasteiger partial charge in [0.25, 0.3) is 0 Å². The fourth-order valence-corrected chi connectivity index (χ4v) is 2.18. The van der Waals surface area contributed by atoms with Gasteiger partial charge in [0, 0.05) is 0 Å². The van der Waals surface area contributed by atoms with Crippen molar-refractivity contribution in [2.75, 3.05) is 0 Å². The third kappa shape index (κ3) is 1.61. The molecule has 0 aliphatic heterocycles. The Morgan fingerprint density at radius 2 is 1.67 bits per heavy atom. The zero-order valence-corrected chi connectivity index (χ0v) is 10.4. The minimum Gasteiger partial charge on any atom is -0.456 e. The quantitative estimate of drug-likeness (QED) is 0.598. The molecule has 0 radical (unpaired) electrons. The first-order chi connectivity index (χ1) is 8.66. The molecule has 0 saturated heterocycles. The zero-order valence-electron chi connectivity index (χ0n) is 10.4. The molecule has 2 aromatic carbocycles.